The van der Waals surface area contributed by atoms with Gasteiger partial charge in [0.2, 0.25) is 10.0 Å². The number of rotatable bonds is 3. The van der Waals surface area contributed by atoms with Crippen molar-refractivity contribution in [2.24, 2.45) is 5.92 Å². The molecule has 0 bridgehead atoms. The van der Waals surface area contributed by atoms with Gasteiger partial charge in [0.15, 0.2) is 11.6 Å². The third-order valence-electron chi connectivity index (χ3n) is 3.26. The molecule has 0 unspecified atom stereocenters. The van der Waals surface area contributed by atoms with Gasteiger partial charge in [-0.15, -0.1) is 0 Å². The van der Waals surface area contributed by atoms with Crippen LogP contribution >= 0.6 is 0 Å². The number of sulfonamides is 1. The Labute approximate surface area is 114 Å². The molecule has 0 spiro atoms. The number of halogens is 2. The van der Waals surface area contributed by atoms with Crippen molar-refractivity contribution in [2.75, 3.05) is 13.1 Å². The second kappa shape index (κ2) is 5.45. The van der Waals surface area contributed by atoms with Crippen LogP contribution in [-0.2, 0) is 14.8 Å². The van der Waals surface area contributed by atoms with Crippen molar-refractivity contribution in [1.82, 2.24) is 4.31 Å². The van der Waals surface area contributed by atoms with Gasteiger partial charge in [0, 0.05) is 13.1 Å². The molecule has 0 radical (unpaired) electrons. The third-order valence-corrected chi connectivity index (χ3v) is 5.12. The summed E-state index contributed by atoms with van der Waals surface area (Å²) in [6.45, 7) is 0.0156. The minimum absolute atomic E-state index is 0.156. The average molecular weight is 305 g/mol. The topological polar surface area (TPSA) is 74.7 Å². The van der Waals surface area contributed by atoms with E-state index in [1.54, 1.807) is 0 Å². The van der Waals surface area contributed by atoms with Gasteiger partial charge >= 0.3 is 5.97 Å². The zero-order chi connectivity index (χ0) is 14.9. The van der Waals surface area contributed by atoms with E-state index in [1.165, 1.54) is 0 Å². The van der Waals surface area contributed by atoms with Crippen molar-refractivity contribution in [3.8, 4) is 0 Å². The predicted molar refractivity (Wildman–Crippen MR) is 65.5 cm³/mol. The van der Waals surface area contributed by atoms with Crippen LogP contribution in [0.2, 0.25) is 0 Å². The highest BCUT2D eigenvalue weighted by atomic mass is 32.2. The van der Waals surface area contributed by atoms with Crippen molar-refractivity contribution in [2.45, 2.75) is 17.7 Å². The van der Waals surface area contributed by atoms with Gasteiger partial charge in [0.05, 0.1) is 10.8 Å². The molecule has 1 N–H and O–H groups in total. The van der Waals surface area contributed by atoms with E-state index in [0.29, 0.717) is 18.9 Å². The molecule has 1 heterocycles. The second-order valence-electron chi connectivity index (χ2n) is 4.62. The molecule has 1 aromatic rings. The summed E-state index contributed by atoms with van der Waals surface area (Å²) in [6, 6.07) is 2.31. The van der Waals surface area contributed by atoms with Gasteiger partial charge in [0.25, 0.3) is 0 Å². The normalized spacial score (nSPS) is 20.8. The molecule has 20 heavy (non-hydrogen) atoms. The summed E-state index contributed by atoms with van der Waals surface area (Å²) in [5.41, 5.74) is 0. The van der Waals surface area contributed by atoms with Gasteiger partial charge in [-0.2, -0.15) is 4.31 Å². The van der Waals surface area contributed by atoms with Crippen LogP contribution in [0.1, 0.15) is 12.8 Å². The van der Waals surface area contributed by atoms with Crippen LogP contribution in [0.3, 0.4) is 0 Å². The maximum absolute atomic E-state index is 13.1. The maximum Gasteiger partial charge on any atom is 0.307 e. The largest absolute Gasteiger partial charge is 0.481 e. The van der Waals surface area contributed by atoms with E-state index in [0.717, 1.165) is 16.4 Å². The number of aliphatic carboxylic acids is 1. The number of nitrogens with zero attached hydrogens (tertiary/aromatic N) is 1. The molecule has 0 aromatic heterocycles. The summed E-state index contributed by atoms with van der Waals surface area (Å²) in [4.78, 5) is 10.6. The van der Waals surface area contributed by atoms with Crippen LogP contribution in [0.5, 0.6) is 0 Å². The summed E-state index contributed by atoms with van der Waals surface area (Å²) in [6.07, 6.45) is 0.818. The maximum atomic E-state index is 13.1. The first-order valence-electron chi connectivity index (χ1n) is 6.00. The Morgan fingerprint density at radius 3 is 2.60 bits per heavy atom. The Balaban J connectivity index is 2.29. The molecule has 1 aromatic carbocycles. The first-order valence-corrected chi connectivity index (χ1v) is 7.44. The van der Waals surface area contributed by atoms with Gasteiger partial charge in [-0.1, -0.05) is 0 Å². The number of carbonyl (C=O) groups is 1. The molecule has 5 nitrogen and oxygen atoms in total. The van der Waals surface area contributed by atoms with E-state index in [9.17, 15) is 22.0 Å². The van der Waals surface area contributed by atoms with Crippen molar-refractivity contribution in [3.05, 3.63) is 29.8 Å². The molecule has 0 amide bonds. The fourth-order valence-electron chi connectivity index (χ4n) is 2.15. The Bertz CT molecular complexity index is 632. The summed E-state index contributed by atoms with van der Waals surface area (Å²) in [5.74, 6) is -4.22. The molecule has 1 atom stereocenters. The summed E-state index contributed by atoms with van der Waals surface area (Å²) >= 11 is 0. The molecule has 0 aliphatic carbocycles. The zero-order valence-electron chi connectivity index (χ0n) is 10.4. The molecule has 1 fully saturated rings. The average Bonchev–Trinajstić information content (AvgIpc) is 2.42. The lowest BCUT2D eigenvalue weighted by atomic mass is 10.0. The highest BCUT2D eigenvalue weighted by Crippen LogP contribution is 2.24. The van der Waals surface area contributed by atoms with Gasteiger partial charge in [-0.3, -0.25) is 4.79 Å². The zero-order valence-corrected chi connectivity index (χ0v) is 11.2. The summed E-state index contributed by atoms with van der Waals surface area (Å²) in [7, 11) is -4.00. The molecular formula is C12H13F2NO4S. The van der Waals surface area contributed by atoms with Crippen LogP contribution in [0.4, 0.5) is 8.78 Å². The van der Waals surface area contributed by atoms with Gasteiger partial charge in [-0.25, -0.2) is 17.2 Å². The number of benzene rings is 1. The van der Waals surface area contributed by atoms with E-state index in [-0.39, 0.29) is 18.0 Å². The Morgan fingerprint density at radius 1 is 1.30 bits per heavy atom. The van der Waals surface area contributed by atoms with E-state index in [2.05, 4.69) is 0 Å². The van der Waals surface area contributed by atoms with Crippen molar-refractivity contribution >= 4 is 16.0 Å². The van der Waals surface area contributed by atoms with Crippen molar-refractivity contribution in [3.63, 3.8) is 0 Å². The monoisotopic (exact) mass is 305 g/mol. The highest BCUT2D eigenvalue weighted by molar-refractivity contribution is 7.89. The number of carboxylic acids is 1. The number of carboxylic acid groups (broad SMARTS) is 1. The molecule has 1 aliphatic rings. The lowest BCUT2D eigenvalue weighted by Gasteiger charge is -2.29. The SMILES string of the molecule is O=C(O)[C@@H]1CCCN(S(=O)(=O)c2ccc(F)c(F)c2)C1. The van der Waals surface area contributed by atoms with Crippen molar-refractivity contribution in [1.29, 1.82) is 0 Å². The first-order chi connectivity index (χ1) is 9.32. The van der Waals surface area contributed by atoms with Gasteiger partial charge in [0.1, 0.15) is 0 Å². The fraction of sp³-hybridized carbons (Fsp3) is 0.417. The van der Waals surface area contributed by atoms with Crippen LogP contribution < -0.4 is 0 Å². The smallest absolute Gasteiger partial charge is 0.307 e. The lowest BCUT2D eigenvalue weighted by Crippen LogP contribution is -2.42. The minimum Gasteiger partial charge on any atom is -0.481 e. The predicted octanol–water partition coefficient (Wildman–Crippen LogP) is 1.45. The molecule has 110 valence electrons. The molecule has 2 rings (SSSR count). The van der Waals surface area contributed by atoms with Crippen LogP contribution in [0.15, 0.2) is 23.1 Å². The van der Waals surface area contributed by atoms with Crippen molar-refractivity contribution < 1.29 is 27.1 Å². The van der Waals surface area contributed by atoms with E-state index >= 15 is 0 Å². The van der Waals surface area contributed by atoms with Gasteiger partial charge in [-0.05, 0) is 31.0 Å². The van der Waals surface area contributed by atoms with E-state index < -0.39 is 33.5 Å². The lowest BCUT2D eigenvalue weighted by molar-refractivity contribution is -0.142. The first kappa shape index (κ1) is 14.9. The fourth-order valence-corrected chi connectivity index (χ4v) is 3.68. The second-order valence-corrected chi connectivity index (χ2v) is 6.55. The molecule has 8 heteroatoms. The Morgan fingerprint density at radius 2 is 2.00 bits per heavy atom. The molecular weight excluding hydrogens is 292 g/mol. The van der Waals surface area contributed by atoms with E-state index in [1.807, 2.05) is 0 Å². The van der Waals surface area contributed by atoms with E-state index in [4.69, 9.17) is 5.11 Å². The molecule has 1 saturated heterocycles. The minimum atomic E-state index is -4.00. The van der Waals surface area contributed by atoms with Crippen LogP contribution in [-0.4, -0.2) is 36.9 Å². The van der Waals surface area contributed by atoms with Gasteiger partial charge < -0.3 is 5.11 Å². The standard InChI is InChI=1S/C12H13F2NO4S/c13-10-4-3-9(6-11(10)14)20(18,19)15-5-1-2-8(7-15)12(16)17/h3-4,6,8H,1-2,5,7H2,(H,16,17)/t8-/m1/s1. The Kier molecular flexibility index (Phi) is 4.05. The third kappa shape index (κ3) is 2.80. The summed E-state index contributed by atoms with van der Waals surface area (Å²) < 4.78 is 51.5. The van der Waals surface area contributed by atoms with Crippen LogP contribution in [0, 0.1) is 17.6 Å². The number of hydrogen-bond donors (Lipinski definition) is 1. The number of hydrogen-bond acceptors (Lipinski definition) is 3. The molecule has 0 saturated carbocycles. The quantitative estimate of drug-likeness (QED) is 0.917. The number of piperidine rings is 1. The highest BCUT2D eigenvalue weighted by Gasteiger charge is 2.33. The summed E-state index contributed by atoms with van der Waals surface area (Å²) in [5, 5.41) is 8.94. The Hall–Kier alpha value is -1.54. The molecule has 1 aliphatic heterocycles. The van der Waals surface area contributed by atoms with Crippen LogP contribution in [0.25, 0.3) is 0 Å².